The maximum Gasteiger partial charge on any atom is 0.272 e. The van der Waals surface area contributed by atoms with Crippen molar-refractivity contribution < 1.29 is 4.74 Å². The van der Waals surface area contributed by atoms with E-state index >= 15 is 0 Å². The predicted molar refractivity (Wildman–Crippen MR) is 87.2 cm³/mol. The number of fused-ring (bicyclic) bond motifs is 1. The SMILES string of the molecule is COc1ccc(-n2c(SC)nc3c(c2=O)S[C@@H](C)C3)cc1. The Labute approximate surface area is 131 Å². The summed E-state index contributed by atoms with van der Waals surface area (Å²) in [7, 11) is 1.63. The van der Waals surface area contributed by atoms with E-state index in [1.54, 1.807) is 23.4 Å². The topological polar surface area (TPSA) is 44.1 Å². The molecule has 2 heterocycles. The number of rotatable bonds is 3. The maximum atomic E-state index is 12.8. The standard InChI is InChI=1S/C15H16N2O2S2/c1-9-8-12-13(21-9)14(18)17(15(16-12)20-3)10-4-6-11(19-2)7-5-10/h4-7,9H,8H2,1-3H3/t9-/m0/s1. The highest BCUT2D eigenvalue weighted by Crippen LogP contribution is 2.34. The molecular formula is C15H16N2O2S2. The van der Waals surface area contributed by atoms with Crippen molar-refractivity contribution in [2.75, 3.05) is 13.4 Å². The van der Waals surface area contributed by atoms with E-state index < -0.39 is 0 Å². The van der Waals surface area contributed by atoms with Gasteiger partial charge in [0, 0.05) is 11.7 Å². The second-order valence-corrected chi connectivity index (χ2v) is 7.07. The lowest BCUT2D eigenvalue weighted by Crippen LogP contribution is -2.23. The molecule has 0 amide bonds. The summed E-state index contributed by atoms with van der Waals surface area (Å²) in [5.74, 6) is 0.773. The van der Waals surface area contributed by atoms with Gasteiger partial charge in [-0.1, -0.05) is 18.7 Å². The van der Waals surface area contributed by atoms with Crippen LogP contribution < -0.4 is 10.3 Å². The van der Waals surface area contributed by atoms with Gasteiger partial charge in [-0.15, -0.1) is 11.8 Å². The Morgan fingerprint density at radius 1 is 1.38 bits per heavy atom. The summed E-state index contributed by atoms with van der Waals surface area (Å²) >= 11 is 3.12. The van der Waals surface area contributed by atoms with Crippen LogP contribution >= 0.6 is 23.5 Å². The summed E-state index contributed by atoms with van der Waals surface area (Å²) in [5, 5.41) is 1.15. The Hall–Kier alpha value is -1.40. The van der Waals surface area contributed by atoms with E-state index in [1.165, 1.54) is 11.8 Å². The van der Waals surface area contributed by atoms with E-state index in [2.05, 4.69) is 11.9 Å². The lowest BCUT2D eigenvalue weighted by molar-refractivity contribution is 0.414. The van der Waals surface area contributed by atoms with Crippen molar-refractivity contribution in [3.63, 3.8) is 0 Å². The molecule has 0 bridgehead atoms. The van der Waals surface area contributed by atoms with E-state index in [1.807, 2.05) is 30.5 Å². The number of hydrogen-bond acceptors (Lipinski definition) is 5. The fraction of sp³-hybridized carbons (Fsp3) is 0.333. The molecular weight excluding hydrogens is 304 g/mol. The molecule has 1 aliphatic heterocycles. The lowest BCUT2D eigenvalue weighted by atomic mass is 10.2. The number of benzene rings is 1. The summed E-state index contributed by atoms with van der Waals surface area (Å²) in [6.07, 6.45) is 2.81. The summed E-state index contributed by atoms with van der Waals surface area (Å²) in [4.78, 5) is 18.3. The molecule has 21 heavy (non-hydrogen) atoms. The second kappa shape index (κ2) is 5.77. The van der Waals surface area contributed by atoms with Gasteiger partial charge in [-0.2, -0.15) is 0 Å². The zero-order chi connectivity index (χ0) is 15.0. The minimum Gasteiger partial charge on any atom is -0.497 e. The first-order chi connectivity index (χ1) is 10.1. The minimum absolute atomic E-state index is 0.0314. The van der Waals surface area contributed by atoms with Crippen LogP contribution in [0.15, 0.2) is 39.1 Å². The molecule has 0 unspecified atom stereocenters. The van der Waals surface area contributed by atoms with Crippen molar-refractivity contribution in [3.8, 4) is 11.4 Å². The molecule has 6 heteroatoms. The van der Waals surface area contributed by atoms with Gasteiger partial charge in [0.25, 0.3) is 5.56 Å². The van der Waals surface area contributed by atoms with Crippen molar-refractivity contribution in [2.45, 2.75) is 28.6 Å². The van der Waals surface area contributed by atoms with Crippen LogP contribution in [-0.4, -0.2) is 28.2 Å². The highest BCUT2D eigenvalue weighted by molar-refractivity contribution is 8.00. The Morgan fingerprint density at radius 3 is 2.71 bits per heavy atom. The van der Waals surface area contributed by atoms with Crippen molar-refractivity contribution >= 4 is 23.5 Å². The summed E-state index contributed by atoms with van der Waals surface area (Å²) in [5.41, 5.74) is 1.79. The summed E-state index contributed by atoms with van der Waals surface area (Å²) in [6.45, 7) is 2.13. The van der Waals surface area contributed by atoms with Gasteiger partial charge in [-0.05, 0) is 30.5 Å². The van der Waals surface area contributed by atoms with Crippen LogP contribution in [-0.2, 0) is 6.42 Å². The number of nitrogens with zero attached hydrogens (tertiary/aromatic N) is 2. The second-order valence-electron chi connectivity index (χ2n) is 4.85. The van der Waals surface area contributed by atoms with Crippen LogP contribution in [0.5, 0.6) is 5.75 Å². The fourth-order valence-corrected chi connectivity index (χ4v) is 4.07. The van der Waals surface area contributed by atoms with E-state index in [4.69, 9.17) is 4.74 Å². The van der Waals surface area contributed by atoms with Crippen LogP contribution in [0.1, 0.15) is 12.6 Å². The number of hydrogen-bond donors (Lipinski definition) is 0. The molecule has 2 aromatic rings. The minimum atomic E-state index is 0.0314. The van der Waals surface area contributed by atoms with Gasteiger partial charge in [0.2, 0.25) is 0 Å². The van der Waals surface area contributed by atoms with Gasteiger partial charge in [0.05, 0.1) is 23.4 Å². The maximum absolute atomic E-state index is 12.8. The lowest BCUT2D eigenvalue weighted by Gasteiger charge is -2.12. The fourth-order valence-electron chi connectivity index (χ4n) is 2.40. The highest BCUT2D eigenvalue weighted by atomic mass is 32.2. The molecule has 1 atom stereocenters. The Morgan fingerprint density at radius 2 is 2.10 bits per heavy atom. The average molecular weight is 320 g/mol. The molecule has 1 aromatic heterocycles. The van der Waals surface area contributed by atoms with Gasteiger partial charge in [-0.25, -0.2) is 4.98 Å². The first-order valence-electron chi connectivity index (χ1n) is 6.65. The van der Waals surface area contributed by atoms with Gasteiger partial charge in [0.1, 0.15) is 5.75 Å². The number of methoxy groups -OCH3 is 1. The van der Waals surface area contributed by atoms with Crippen LogP contribution in [0, 0.1) is 0 Å². The van der Waals surface area contributed by atoms with Crippen molar-refractivity contribution in [3.05, 3.63) is 40.3 Å². The molecule has 0 saturated heterocycles. The molecule has 0 radical (unpaired) electrons. The van der Waals surface area contributed by atoms with Crippen LogP contribution in [0.25, 0.3) is 5.69 Å². The third kappa shape index (κ3) is 2.58. The quantitative estimate of drug-likeness (QED) is 0.642. The van der Waals surface area contributed by atoms with E-state index in [9.17, 15) is 4.79 Å². The largest absolute Gasteiger partial charge is 0.497 e. The van der Waals surface area contributed by atoms with Crippen LogP contribution in [0.4, 0.5) is 0 Å². The molecule has 0 saturated carbocycles. The van der Waals surface area contributed by atoms with Crippen LogP contribution in [0.3, 0.4) is 0 Å². The van der Waals surface area contributed by atoms with Crippen LogP contribution in [0.2, 0.25) is 0 Å². The molecule has 1 aliphatic rings. The third-order valence-electron chi connectivity index (χ3n) is 3.39. The molecule has 110 valence electrons. The van der Waals surface area contributed by atoms with Gasteiger partial charge >= 0.3 is 0 Å². The molecule has 0 fully saturated rings. The number of thioether (sulfide) groups is 2. The highest BCUT2D eigenvalue weighted by Gasteiger charge is 2.26. The first-order valence-corrected chi connectivity index (χ1v) is 8.75. The molecule has 0 N–H and O–H groups in total. The zero-order valence-electron chi connectivity index (χ0n) is 12.1. The number of aromatic nitrogens is 2. The predicted octanol–water partition coefficient (Wildman–Crippen LogP) is 3.00. The van der Waals surface area contributed by atoms with E-state index in [0.29, 0.717) is 5.25 Å². The van der Waals surface area contributed by atoms with Crippen molar-refractivity contribution in [1.29, 1.82) is 0 Å². The zero-order valence-corrected chi connectivity index (χ0v) is 13.8. The third-order valence-corrected chi connectivity index (χ3v) is 5.25. The Bertz CT molecular complexity index is 726. The van der Waals surface area contributed by atoms with Gasteiger partial charge in [0.15, 0.2) is 5.16 Å². The molecule has 3 rings (SSSR count). The molecule has 1 aromatic carbocycles. The smallest absolute Gasteiger partial charge is 0.272 e. The molecule has 0 aliphatic carbocycles. The van der Waals surface area contributed by atoms with Gasteiger partial charge in [-0.3, -0.25) is 9.36 Å². The average Bonchev–Trinajstić information content (AvgIpc) is 2.88. The summed E-state index contributed by atoms with van der Waals surface area (Å²) < 4.78 is 6.86. The Balaban J connectivity index is 2.17. The van der Waals surface area contributed by atoms with Gasteiger partial charge < -0.3 is 4.74 Å². The van der Waals surface area contributed by atoms with E-state index in [0.717, 1.165) is 33.6 Å². The summed E-state index contributed by atoms with van der Waals surface area (Å²) in [6, 6.07) is 7.48. The Kier molecular flexibility index (Phi) is 3.99. The van der Waals surface area contributed by atoms with Crippen molar-refractivity contribution in [2.24, 2.45) is 0 Å². The molecule has 0 spiro atoms. The number of ether oxygens (including phenoxy) is 1. The van der Waals surface area contributed by atoms with E-state index in [-0.39, 0.29) is 5.56 Å². The normalized spacial score (nSPS) is 16.8. The first kappa shape index (κ1) is 14.5. The molecule has 4 nitrogen and oxygen atoms in total. The monoisotopic (exact) mass is 320 g/mol. The van der Waals surface area contributed by atoms with Crippen molar-refractivity contribution in [1.82, 2.24) is 9.55 Å².